The van der Waals surface area contributed by atoms with Crippen LogP contribution in [-0.4, -0.2) is 103 Å². The number of carboxylic acid groups (broad SMARTS) is 1. The number of aryl methyl sites for hydroxylation is 1. The fourth-order valence-electron chi connectivity index (χ4n) is 4.39. The largest absolute Gasteiger partial charge is 0.480 e. The number of aldehydes is 1. The molecule has 2 heterocycles. The number of nitrogens with one attached hydrogen (secondary N) is 2. The monoisotopic (exact) mass is 842 g/mol. The van der Waals surface area contributed by atoms with Crippen LogP contribution in [0.25, 0.3) is 17.0 Å². The number of amides is 2. The molecule has 1 aliphatic heterocycles. The molecular formula is C40H66MoN5O8-. The van der Waals surface area contributed by atoms with Gasteiger partial charge in [-0.1, -0.05) is 65.0 Å². The zero-order chi connectivity index (χ0) is 41.0. The van der Waals surface area contributed by atoms with Gasteiger partial charge in [0.2, 0.25) is 11.8 Å². The van der Waals surface area contributed by atoms with Crippen LogP contribution >= 0.6 is 0 Å². The topological polar surface area (TPSA) is 193 Å². The number of aliphatic carboxylic acids is 1. The molecule has 4 unspecified atom stereocenters. The van der Waals surface area contributed by atoms with Crippen molar-refractivity contribution in [2.45, 2.75) is 92.3 Å². The molecule has 14 heteroatoms. The van der Waals surface area contributed by atoms with E-state index in [2.05, 4.69) is 42.2 Å². The van der Waals surface area contributed by atoms with Gasteiger partial charge in [-0.25, -0.2) is 10.4 Å². The molecule has 0 aliphatic carbocycles. The standard InChI is InChI=1S/C20H25NO4.C8H15NO3.C6H13N3O.C4H7.C2H6.Mo/c1-4-17-9-8-16-7-6-15(12-18(16)21-17)10-11-20(13-24-3,19(22)23)14-25-5-2;1-5(2)7(11)8(12)9-6(3)4-10;1-9-4-2-3-5(8-9)6(7)10;1-3-4-2;1-2;/h6-12H,4-5,13-14H2,1-3H3,(H,22,23);4-7,11H,1-3H3,(H,9,12);5,8H,2-4H2,1H3,(H2,7,10);3H,1-2,4H2;1-2H3;/q;;;-1;;/b11-10+;;;;;. The molecule has 1 aromatic carbocycles. The Morgan fingerprint density at radius 1 is 1.19 bits per heavy atom. The first-order chi connectivity index (χ1) is 25.1. The van der Waals surface area contributed by atoms with E-state index in [9.17, 15) is 29.4 Å². The SMILES string of the molecule is C=CC[CH2-].CC.CC(C=O)NC(=O)C(O)C(C)C.CCOCC(/C=C/c1ccc2ccc(CC)nc2c1)(COC)C(=O)O.CN1CCCC(C(N)=O)N1.[Mo]. The number of carbonyl (C=O) groups excluding carboxylic acids is 3. The van der Waals surface area contributed by atoms with E-state index in [4.69, 9.17) is 15.2 Å². The zero-order valence-corrected chi connectivity index (χ0v) is 35.8. The summed E-state index contributed by atoms with van der Waals surface area (Å²) in [6.45, 7) is 21.4. The van der Waals surface area contributed by atoms with Gasteiger partial charge in [-0.3, -0.25) is 19.4 Å². The van der Waals surface area contributed by atoms with Gasteiger partial charge >= 0.3 is 5.97 Å². The summed E-state index contributed by atoms with van der Waals surface area (Å²) in [6, 6.07) is 9.29. The van der Waals surface area contributed by atoms with Crippen molar-refractivity contribution in [2.75, 3.05) is 40.5 Å². The Bertz CT molecular complexity index is 1390. The predicted octanol–water partition coefficient (Wildman–Crippen LogP) is 4.76. The van der Waals surface area contributed by atoms with Crippen LogP contribution in [0, 0.1) is 18.3 Å². The third-order valence-electron chi connectivity index (χ3n) is 7.51. The Morgan fingerprint density at radius 2 is 1.80 bits per heavy atom. The van der Waals surface area contributed by atoms with Crippen LogP contribution in [0.15, 0.2) is 49.1 Å². The van der Waals surface area contributed by atoms with Gasteiger partial charge in [-0.05, 0) is 56.7 Å². The molecule has 1 fully saturated rings. The van der Waals surface area contributed by atoms with Gasteiger partial charge in [-0.15, -0.1) is 12.7 Å². The molecule has 4 atom stereocenters. The van der Waals surface area contributed by atoms with E-state index in [1.807, 2.05) is 57.1 Å². The van der Waals surface area contributed by atoms with Crippen LogP contribution in [-0.2, 0) is 56.1 Å². The average Bonchev–Trinajstić information content (AvgIpc) is 3.16. The number of primary amides is 1. The third-order valence-corrected chi connectivity index (χ3v) is 7.51. The average molecular weight is 841 g/mol. The van der Waals surface area contributed by atoms with E-state index in [0.717, 1.165) is 54.4 Å². The number of carboxylic acids is 1. The van der Waals surface area contributed by atoms with E-state index in [1.165, 1.54) is 7.11 Å². The number of aliphatic hydroxyl groups is 1. The van der Waals surface area contributed by atoms with Crippen molar-refractivity contribution in [1.82, 2.24) is 20.7 Å². The minimum absolute atomic E-state index is 0. The van der Waals surface area contributed by atoms with Crippen LogP contribution in [0.1, 0.15) is 79.0 Å². The number of allylic oxidation sites excluding steroid dienone is 1. The van der Waals surface area contributed by atoms with Crippen molar-refractivity contribution < 1.29 is 59.9 Å². The number of hydrogen-bond acceptors (Lipinski definition) is 10. The van der Waals surface area contributed by atoms with Crippen LogP contribution in [0.5, 0.6) is 0 Å². The van der Waals surface area contributed by atoms with Crippen LogP contribution in [0.3, 0.4) is 0 Å². The normalized spacial score (nSPS) is 15.7. The second-order valence-electron chi connectivity index (χ2n) is 12.3. The van der Waals surface area contributed by atoms with Gasteiger partial charge in [0.05, 0.1) is 30.8 Å². The molecule has 13 nitrogen and oxygen atoms in total. The quantitative estimate of drug-likeness (QED) is 0.0719. The van der Waals surface area contributed by atoms with Crippen LogP contribution in [0.4, 0.5) is 0 Å². The maximum atomic E-state index is 11.8. The second-order valence-corrected chi connectivity index (χ2v) is 12.3. The molecule has 2 amide bonds. The molecular weight excluding hydrogens is 774 g/mol. The first-order valence-corrected chi connectivity index (χ1v) is 18.1. The minimum Gasteiger partial charge on any atom is -0.480 e. The number of aromatic nitrogens is 1. The molecule has 0 radical (unpaired) electrons. The predicted molar refractivity (Wildman–Crippen MR) is 213 cm³/mol. The molecule has 1 aromatic heterocycles. The van der Waals surface area contributed by atoms with Crippen molar-refractivity contribution in [2.24, 2.45) is 17.1 Å². The van der Waals surface area contributed by atoms with Crippen molar-refractivity contribution in [3.05, 3.63) is 67.2 Å². The molecule has 2 aromatic rings. The summed E-state index contributed by atoms with van der Waals surface area (Å²) in [4.78, 5) is 48.2. The summed E-state index contributed by atoms with van der Waals surface area (Å²) in [7, 11) is 3.40. The van der Waals surface area contributed by atoms with Gasteiger partial charge in [0.15, 0.2) is 0 Å². The molecule has 0 spiro atoms. The van der Waals surface area contributed by atoms with Crippen molar-refractivity contribution in [3.63, 3.8) is 0 Å². The molecule has 306 valence electrons. The number of ether oxygens (including phenoxy) is 2. The molecule has 54 heavy (non-hydrogen) atoms. The molecule has 3 rings (SSSR count). The van der Waals surface area contributed by atoms with E-state index in [1.54, 1.807) is 39.0 Å². The number of benzene rings is 1. The summed E-state index contributed by atoms with van der Waals surface area (Å²) >= 11 is 0. The summed E-state index contributed by atoms with van der Waals surface area (Å²) in [6.07, 6.45) is 8.40. The number of pyridine rings is 1. The number of carbonyl (C=O) groups is 4. The number of nitrogens with two attached hydrogens (primary N) is 1. The van der Waals surface area contributed by atoms with Gasteiger partial charge in [-0.2, -0.15) is 6.42 Å². The van der Waals surface area contributed by atoms with E-state index >= 15 is 0 Å². The van der Waals surface area contributed by atoms with E-state index in [-0.39, 0.29) is 52.1 Å². The first kappa shape index (κ1) is 55.0. The van der Waals surface area contributed by atoms with E-state index < -0.39 is 29.4 Å². The second kappa shape index (κ2) is 32.0. The Hall–Kier alpha value is -3.32. The first-order valence-electron chi connectivity index (χ1n) is 18.1. The maximum absolute atomic E-state index is 11.8. The molecule has 0 saturated carbocycles. The Morgan fingerprint density at radius 3 is 2.24 bits per heavy atom. The Labute approximate surface area is 337 Å². The number of rotatable bonds is 15. The van der Waals surface area contributed by atoms with E-state index in [0.29, 0.717) is 12.9 Å². The number of hydrogen-bond donors (Lipinski definition) is 5. The van der Waals surface area contributed by atoms with Crippen LogP contribution < -0.4 is 16.5 Å². The number of aliphatic hydroxyl groups excluding tert-OH is 1. The molecule has 1 saturated heterocycles. The number of nitrogens with zero attached hydrogens (tertiary/aromatic N) is 2. The van der Waals surface area contributed by atoms with Gasteiger partial charge < -0.3 is 42.5 Å². The van der Waals surface area contributed by atoms with Gasteiger partial charge in [0.25, 0.3) is 0 Å². The third kappa shape index (κ3) is 22.2. The van der Waals surface area contributed by atoms with Crippen molar-refractivity contribution >= 4 is 41.0 Å². The fourth-order valence-corrected chi connectivity index (χ4v) is 4.39. The van der Waals surface area contributed by atoms with Crippen molar-refractivity contribution in [1.29, 1.82) is 0 Å². The zero-order valence-electron chi connectivity index (χ0n) is 33.8. The molecule has 1 aliphatic rings. The minimum atomic E-state index is -1.21. The molecule has 0 bridgehead atoms. The fraction of sp³-hybridized carbons (Fsp3) is 0.550. The van der Waals surface area contributed by atoms with Crippen molar-refractivity contribution in [3.8, 4) is 0 Å². The summed E-state index contributed by atoms with van der Waals surface area (Å²) in [5.41, 5.74) is 9.69. The number of hydrazine groups is 1. The summed E-state index contributed by atoms with van der Waals surface area (Å²) in [5, 5.41) is 24.2. The van der Waals surface area contributed by atoms with Gasteiger partial charge in [0, 0.05) is 59.5 Å². The maximum Gasteiger partial charge on any atom is 0.318 e. The van der Waals surface area contributed by atoms with Crippen LogP contribution in [0.2, 0.25) is 0 Å². The summed E-state index contributed by atoms with van der Waals surface area (Å²) < 4.78 is 10.5. The van der Waals surface area contributed by atoms with Gasteiger partial charge in [0.1, 0.15) is 17.8 Å². The summed E-state index contributed by atoms with van der Waals surface area (Å²) in [5.74, 6) is -1.86. The Kier molecular flexibility index (Phi) is 32.6. The number of fused-ring (bicyclic) bond motifs is 1. The smallest absolute Gasteiger partial charge is 0.318 e. The molecule has 6 N–H and O–H groups in total. The Balaban J connectivity index is -0.000000747. The number of methoxy groups -OCH3 is 1.